The van der Waals surface area contributed by atoms with Gasteiger partial charge in [-0.3, -0.25) is 4.72 Å². The van der Waals surface area contributed by atoms with E-state index in [1.807, 2.05) is 4.72 Å². The molecule has 0 heterocycles. The minimum Gasteiger partial charge on any atom is -0.279 e. The number of anilines is 1. The highest BCUT2D eigenvalue weighted by molar-refractivity contribution is 9.10. The summed E-state index contributed by atoms with van der Waals surface area (Å²) in [5.41, 5.74) is -1.74. The number of halogens is 5. The molecule has 0 radical (unpaired) electrons. The van der Waals surface area contributed by atoms with Gasteiger partial charge in [0.15, 0.2) is 0 Å². The summed E-state index contributed by atoms with van der Waals surface area (Å²) in [5, 5.41) is -0.141. The second-order valence-electron chi connectivity index (χ2n) is 4.25. The average Bonchev–Trinajstić information content (AvgIpc) is 2.39. The third-order valence-corrected chi connectivity index (χ3v) is 4.73. The lowest BCUT2D eigenvalue weighted by molar-refractivity contribution is -0.136. The van der Waals surface area contributed by atoms with Gasteiger partial charge in [0, 0.05) is 9.50 Å². The summed E-state index contributed by atoms with van der Waals surface area (Å²) in [6.07, 6.45) is -4.74. The van der Waals surface area contributed by atoms with Crippen LogP contribution in [0.3, 0.4) is 0 Å². The van der Waals surface area contributed by atoms with Crippen LogP contribution in [-0.2, 0) is 16.2 Å². The molecular weight excluding hydrogens is 407 g/mol. The smallest absolute Gasteiger partial charge is 0.279 e. The van der Waals surface area contributed by atoms with Gasteiger partial charge in [0.25, 0.3) is 10.0 Å². The van der Waals surface area contributed by atoms with Gasteiger partial charge < -0.3 is 0 Å². The molecule has 0 unspecified atom stereocenters. The number of benzene rings is 2. The Morgan fingerprint density at radius 3 is 2.36 bits per heavy atom. The maximum atomic E-state index is 13.0. The molecule has 0 aliphatic heterocycles. The van der Waals surface area contributed by atoms with E-state index in [0.29, 0.717) is 10.5 Å². The fraction of sp³-hybridized carbons (Fsp3) is 0.0769. The maximum absolute atomic E-state index is 13.0. The Balaban J connectivity index is 2.47. The summed E-state index contributed by atoms with van der Waals surface area (Å²) < 4.78 is 65.7. The van der Waals surface area contributed by atoms with Crippen LogP contribution in [-0.4, -0.2) is 8.42 Å². The summed E-state index contributed by atoms with van der Waals surface area (Å²) in [6, 6.07) is 8.44. The molecule has 1 N–H and O–H groups in total. The van der Waals surface area contributed by atoms with Crippen molar-refractivity contribution >= 4 is 43.2 Å². The zero-order valence-electron chi connectivity index (χ0n) is 10.7. The molecule has 2 rings (SSSR count). The number of nitrogens with one attached hydrogen (secondary N) is 1. The molecule has 0 amide bonds. The van der Waals surface area contributed by atoms with E-state index < -0.39 is 27.5 Å². The lowest BCUT2D eigenvalue weighted by atomic mass is 10.2. The van der Waals surface area contributed by atoms with Crippen LogP contribution in [0.1, 0.15) is 5.56 Å². The first kappa shape index (κ1) is 17.1. The summed E-state index contributed by atoms with van der Waals surface area (Å²) in [7, 11) is -4.15. The van der Waals surface area contributed by atoms with E-state index in [0.717, 1.165) is 6.07 Å². The predicted octanol–water partition coefficient (Wildman–Crippen LogP) is 4.92. The second-order valence-corrected chi connectivity index (χ2v) is 7.29. The molecule has 0 aliphatic carbocycles. The maximum Gasteiger partial charge on any atom is 0.418 e. The molecule has 118 valence electrons. The van der Waals surface area contributed by atoms with Gasteiger partial charge in [-0.25, -0.2) is 8.42 Å². The highest BCUT2D eigenvalue weighted by Crippen LogP contribution is 2.37. The number of hydrogen-bond acceptors (Lipinski definition) is 2. The van der Waals surface area contributed by atoms with Crippen LogP contribution in [0.25, 0.3) is 0 Å². The molecule has 2 aromatic rings. The minimum absolute atomic E-state index is 0.141. The Morgan fingerprint density at radius 2 is 1.77 bits per heavy atom. The van der Waals surface area contributed by atoms with Crippen LogP contribution in [0, 0.1) is 0 Å². The molecule has 0 bridgehead atoms. The second kappa shape index (κ2) is 6.10. The third kappa shape index (κ3) is 3.93. The Labute approximate surface area is 138 Å². The molecule has 0 saturated heterocycles. The lowest BCUT2D eigenvalue weighted by Crippen LogP contribution is -2.17. The lowest BCUT2D eigenvalue weighted by Gasteiger charge is -2.15. The van der Waals surface area contributed by atoms with Crippen LogP contribution >= 0.6 is 27.5 Å². The van der Waals surface area contributed by atoms with Crippen molar-refractivity contribution in [2.24, 2.45) is 0 Å². The van der Waals surface area contributed by atoms with Crippen LogP contribution in [0.5, 0.6) is 0 Å². The highest BCUT2D eigenvalue weighted by Gasteiger charge is 2.35. The number of sulfonamides is 1. The van der Waals surface area contributed by atoms with Gasteiger partial charge in [-0.1, -0.05) is 33.6 Å². The van der Waals surface area contributed by atoms with Crippen molar-refractivity contribution in [2.75, 3.05) is 4.72 Å². The summed E-state index contributed by atoms with van der Waals surface area (Å²) in [4.78, 5) is -0.162. The zero-order chi connectivity index (χ0) is 16.5. The van der Waals surface area contributed by atoms with Gasteiger partial charge >= 0.3 is 6.18 Å². The van der Waals surface area contributed by atoms with Crippen LogP contribution < -0.4 is 4.72 Å². The SMILES string of the molecule is O=S(=O)(Nc1ccc(Cl)cc1C(F)(F)F)c1cccc(Br)c1. The van der Waals surface area contributed by atoms with Crippen LogP contribution in [0.4, 0.5) is 18.9 Å². The molecule has 0 spiro atoms. The number of rotatable bonds is 3. The largest absolute Gasteiger partial charge is 0.418 e. The van der Waals surface area contributed by atoms with E-state index in [1.54, 1.807) is 6.07 Å². The van der Waals surface area contributed by atoms with E-state index in [4.69, 9.17) is 11.6 Å². The molecular formula is C13H8BrClF3NO2S. The Morgan fingerprint density at radius 1 is 1.09 bits per heavy atom. The molecule has 0 fully saturated rings. The molecule has 22 heavy (non-hydrogen) atoms. The predicted molar refractivity (Wildman–Crippen MR) is 81.4 cm³/mol. The third-order valence-electron chi connectivity index (χ3n) is 2.64. The monoisotopic (exact) mass is 413 g/mol. The summed E-state index contributed by atoms with van der Waals surface area (Å²) >= 11 is 8.65. The van der Waals surface area contributed by atoms with Crippen molar-refractivity contribution in [1.29, 1.82) is 0 Å². The normalized spacial score (nSPS) is 12.2. The minimum atomic E-state index is -4.74. The fourth-order valence-corrected chi connectivity index (χ4v) is 3.53. The molecule has 0 aliphatic rings. The van der Waals surface area contributed by atoms with Gasteiger partial charge in [-0.05, 0) is 36.4 Å². The molecule has 3 nitrogen and oxygen atoms in total. The van der Waals surface area contributed by atoms with Gasteiger partial charge in [0.1, 0.15) is 0 Å². The van der Waals surface area contributed by atoms with Crippen molar-refractivity contribution < 1.29 is 21.6 Å². The van der Waals surface area contributed by atoms with E-state index in [1.165, 1.54) is 24.3 Å². The van der Waals surface area contributed by atoms with Gasteiger partial charge in [0.05, 0.1) is 16.1 Å². The van der Waals surface area contributed by atoms with E-state index in [-0.39, 0.29) is 9.92 Å². The van der Waals surface area contributed by atoms with Crippen molar-refractivity contribution in [1.82, 2.24) is 0 Å². The van der Waals surface area contributed by atoms with E-state index in [2.05, 4.69) is 15.9 Å². The first-order valence-electron chi connectivity index (χ1n) is 5.75. The van der Waals surface area contributed by atoms with Gasteiger partial charge in [-0.15, -0.1) is 0 Å². The number of alkyl halides is 3. The Hall–Kier alpha value is -1.25. The van der Waals surface area contributed by atoms with Gasteiger partial charge in [0.2, 0.25) is 0 Å². The van der Waals surface area contributed by atoms with Crippen molar-refractivity contribution in [2.45, 2.75) is 11.1 Å². The van der Waals surface area contributed by atoms with E-state index in [9.17, 15) is 21.6 Å². The molecule has 0 saturated carbocycles. The van der Waals surface area contributed by atoms with Crippen molar-refractivity contribution in [3.63, 3.8) is 0 Å². The standard InChI is InChI=1S/C13H8BrClF3NO2S/c14-8-2-1-3-10(6-8)22(20,21)19-12-5-4-9(15)7-11(12)13(16,17)18/h1-7,19H. The van der Waals surface area contributed by atoms with Gasteiger partial charge in [-0.2, -0.15) is 13.2 Å². The quantitative estimate of drug-likeness (QED) is 0.775. The van der Waals surface area contributed by atoms with Crippen molar-refractivity contribution in [3.05, 3.63) is 57.5 Å². The Kier molecular flexibility index (Phi) is 4.74. The highest BCUT2D eigenvalue weighted by atomic mass is 79.9. The number of hydrogen-bond donors (Lipinski definition) is 1. The zero-order valence-corrected chi connectivity index (χ0v) is 13.8. The first-order valence-corrected chi connectivity index (χ1v) is 8.40. The molecule has 0 aromatic heterocycles. The molecule has 2 aromatic carbocycles. The van der Waals surface area contributed by atoms with Crippen LogP contribution in [0.15, 0.2) is 51.8 Å². The topological polar surface area (TPSA) is 46.2 Å². The van der Waals surface area contributed by atoms with Crippen LogP contribution in [0.2, 0.25) is 5.02 Å². The molecule has 0 atom stereocenters. The summed E-state index contributed by atoms with van der Waals surface area (Å²) in [6.45, 7) is 0. The molecule has 9 heteroatoms. The average molecular weight is 415 g/mol. The van der Waals surface area contributed by atoms with Crippen molar-refractivity contribution in [3.8, 4) is 0 Å². The Bertz CT molecular complexity index is 809. The summed E-state index contributed by atoms with van der Waals surface area (Å²) in [5.74, 6) is 0. The first-order chi connectivity index (χ1) is 10.1. The van der Waals surface area contributed by atoms with E-state index >= 15 is 0 Å². The fourth-order valence-electron chi connectivity index (χ4n) is 1.68.